The quantitative estimate of drug-likeness (QED) is 0.620. The van der Waals surface area contributed by atoms with Crippen LogP contribution >= 0.6 is 0 Å². The maximum Gasteiger partial charge on any atom is 0.265 e. The molecule has 3 N–H and O–H groups in total. The lowest BCUT2D eigenvalue weighted by molar-refractivity contribution is -0.136. The fraction of sp³-hybridized carbons (Fsp3) is 0.167. The van der Waals surface area contributed by atoms with Gasteiger partial charge in [-0.15, -0.1) is 0 Å². The molecular formula is C12H10N2O3. The Hall–Kier alpha value is -2.14. The van der Waals surface area contributed by atoms with Gasteiger partial charge in [-0.3, -0.25) is 14.9 Å². The summed E-state index contributed by atoms with van der Waals surface area (Å²) in [6.45, 7) is 0. The summed E-state index contributed by atoms with van der Waals surface area (Å²) in [7, 11) is 0. The molecule has 5 heteroatoms. The van der Waals surface area contributed by atoms with Crippen LogP contribution in [-0.2, 0) is 15.2 Å². The highest BCUT2D eigenvalue weighted by Crippen LogP contribution is 2.31. The van der Waals surface area contributed by atoms with Gasteiger partial charge in [-0.05, 0) is 17.5 Å². The lowest BCUT2D eigenvalue weighted by Crippen LogP contribution is -2.35. The van der Waals surface area contributed by atoms with E-state index in [0.29, 0.717) is 5.69 Å². The molecule has 1 aromatic carbocycles. The topological polar surface area (TPSA) is 82.2 Å². The standard InChI is InChI=1S/C12H10N2O3/c15-10-6-12(17,11(16)14-10)9-5-7-3-1-2-4-8(7)13-9/h1-5,13,17H,6H2,(H,14,15,16). The Balaban J connectivity index is 2.15. The first kappa shape index (κ1) is 10.0. The molecule has 2 heterocycles. The molecular weight excluding hydrogens is 220 g/mol. The highest BCUT2D eigenvalue weighted by molar-refractivity contribution is 6.08. The second-order valence-electron chi connectivity index (χ2n) is 4.18. The van der Waals surface area contributed by atoms with Crippen molar-refractivity contribution in [1.82, 2.24) is 10.3 Å². The van der Waals surface area contributed by atoms with Crippen LogP contribution in [0.5, 0.6) is 0 Å². The van der Waals surface area contributed by atoms with Gasteiger partial charge >= 0.3 is 0 Å². The number of hydrogen-bond donors (Lipinski definition) is 3. The predicted molar refractivity (Wildman–Crippen MR) is 60.0 cm³/mol. The SMILES string of the molecule is O=C1CC(O)(c2cc3ccccc3[nH]2)C(=O)N1. The molecule has 1 aliphatic rings. The zero-order chi connectivity index (χ0) is 12.0. The molecule has 2 amide bonds. The van der Waals surface area contributed by atoms with Crippen molar-refractivity contribution in [2.75, 3.05) is 0 Å². The third-order valence-corrected chi connectivity index (χ3v) is 3.02. The molecule has 5 nitrogen and oxygen atoms in total. The zero-order valence-electron chi connectivity index (χ0n) is 8.86. The molecule has 1 atom stereocenters. The number of imide groups is 1. The summed E-state index contributed by atoms with van der Waals surface area (Å²) >= 11 is 0. The number of nitrogens with one attached hydrogen (secondary N) is 2. The number of carbonyl (C=O) groups is 2. The van der Waals surface area contributed by atoms with Crippen LogP contribution in [0, 0.1) is 0 Å². The van der Waals surface area contributed by atoms with Gasteiger partial charge in [0.2, 0.25) is 5.91 Å². The minimum atomic E-state index is -1.77. The number of aliphatic hydroxyl groups is 1. The number of carbonyl (C=O) groups excluding carboxylic acids is 2. The molecule has 0 aliphatic carbocycles. The van der Waals surface area contributed by atoms with Crippen molar-refractivity contribution in [1.29, 1.82) is 0 Å². The van der Waals surface area contributed by atoms with E-state index in [1.165, 1.54) is 0 Å². The first-order valence-corrected chi connectivity index (χ1v) is 5.24. The van der Waals surface area contributed by atoms with E-state index in [9.17, 15) is 14.7 Å². The Morgan fingerprint density at radius 3 is 2.65 bits per heavy atom. The number of rotatable bonds is 1. The van der Waals surface area contributed by atoms with Gasteiger partial charge in [0, 0.05) is 5.52 Å². The number of para-hydroxylation sites is 1. The van der Waals surface area contributed by atoms with Crippen LogP contribution in [0.25, 0.3) is 10.9 Å². The Morgan fingerprint density at radius 2 is 2.00 bits per heavy atom. The summed E-state index contributed by atoms with van der Waals surface area (Å²) in [5.41, 5.74) is -0.596. The first-order valence-electron chi connectivity index (χ1n) is 5.24. The van der Waals surface area contributed by atoms with Gasteiger partial charge in [-0.25, -0.2) is 0 Å². The van der Waals surface area contributed by atoms with E-state index in [-0.39, 0.29) is 6.42 Å². The third-order valence-electron chi connectivity index (χ3n) is 3.02. The van der Waals surface area contributed by atoms with Crippen molar-refractivity contribution in [3.05, 3.63) is 36.0 Å². The fourth-order valence-corrected chi connectivity index (χ4v) is 2.10. The smallest absolute Gasteiger partial charge is 0.265 e. The summed E-state index contributed by atoms with van der Waals surface area (Å²) in [5.74, 6) is -1.13. The highest BCUT2D eigenvalue weighted by Gasteiger charge is 2.47. The van der Waals surface area contributed by atoms with Crippen molar-refractivity contribution < 1.29 is 14.7 Å². The molecule has 2 aromatic rings. The van der Waals surface area contributed by atoms with Crippen molar-refractivity contribution in [3.8, 4) is 0 Å². The molecule has 3 rings (SSSR count). The molecule has 17 heavy (non-hydrogen) atoms. The summed E-state index contributed by atoms with van der Waals surface area (Å²) in [4.78, 5) is 25.7. The van der Waals surface area contributed by atoms with Gasteiger partial charge in [0.25, 0.3) is 5.91 Å². The van der Waals surface area contributed by atoms with Crippen molar-refractivity contribution in [2.45, 2.75) is 12.0 Å². The van der Waals surface area contributed by atoms with E-state index < -0.39 is 17.4 Å². The summed E-state index contributed by atoms with van der Waals surface area (Å²) in [6.07, 6.45) is -0.237. The fourth-order valence-electron chi connectivity index (χ4n) is 2.10. The number of aromatic nitrogens is 1. The van der Waals surface area contributed by atoms with E-state index in [4.69, 9.17) is 0 Å². The second kappa shape index (κ2) is 3.18. The van der Waals surface area contributed by atoms with E-state index in [0.717, 1.165) is 10.9 Å². The molecule has 1 aromatic heterocycles. The lowest BCUT2D eigenvalue weighted by atomic mass is 9.98. The molecule has 86 valence electrons. The zero-order valence-corrected chi connectivity index (χ0v) is 8.86. The maximum atomic E-state index is 11.6. The Bertz CT molecular complexity index is 598. The van der Waals surface area contributed by atoms with E-state index in [1.54, 1.807) is 6.07 Å². The monoisotopic (exact) mass is 230 g/mol. The lowest BCUT2D eigenvalue weighted by Gasteiger charge is -2.15. The Morgan fingerprint density at radius 1 is 1.24 bits per heavy atom. The molecule has 1 saturated heterocycles. The van der Waals surface area contributed by atoms with Crippen LogP contribution in [0.1, 0.15) is 12.1 Å². The van der Waals surface area contributed by atoms with E-state index in [1.807, 2.05) is 24.3 Å². The van der Waals surface area contributed by atoms with Crippen molar-refractivity contribution >= 4 is 22.7 Å². The van der Waals surface area contributed by atoms with Gasteiger partial charge in [-0.2, -0.15) is 0 Å². The third kappa shape index (κ3) is 1.36. The van der Waals surface area contributed by atoms with Crippen LogP contribution in [-0.4, -0.2) is 21.9 Å². The van der Waals surface area contributed by atoms with Crippen molar-refractivity contribution in [3.63, 3.8) is 0 Å². The number of aromatic amines is 1. The van der Waals surface area contributed by atoms with Gasteiger partial charge in [0.15, 0.2) is 5.60 Å². The summed E-state index contributed by atoms with van der Waals surface area (Å²) in [6, 6.07) is 9.12. The van der Waals surface area contributed by atoms with Gasteiger partial charge < -0.3 is 10.1 Å². The van der Waals surface area contributed by atoms with Gasteiger partial charge in [0.1, 0.15) is 0 Å². The summed E-state index contributed by atoms with van der Waals surface area (Å²) in [5, 5.41) is 13.2. The van der Waals surface area contributed by atoms with Crippen LogP contribution in [0.15, 0.2) is 30.3 Å². The maximum absolute atomic E-state index is 11.6. The molecule has 1 unspecified atom stereocenters. The number of amides is 2. The minimum Gasteiger partial charge on any atom is -0.374 e. The molecule has 0 bridgehead atoms. The largest absolute Gasteiger partial charge is 0.374 e. The first-order chi connectivity index (χ1) is 8.09. The van der Waals surface area contributed by atoms with E-state index in [2.05, 4.69) is 10.3 Å². The highest BCUT2D eigenvalue weighted by atomic mass is 16.3. The van der Waals surface area contributed by atoms with Gasteiger partial charge in [0.05, 0.1) is 12.1 Å². The molecule has 0 saturated carbocycles. The van der Waals surface area contributed by atoms with Crippen LogP contribution in [0.4, 0.5) is 0 Å². The number of H-pyrrole nitrogens is 1. The van der Waals surface area contributed by atoms with E-state index >= 15 is 0 Å². The Kier molecular flexibility index (Phi) is 1.88. The normalized spacial score (nSPS) is 24.3. The van der Waals surface area contributed by atoms with Crippen LogP contribution in [0.2, 0.25) is 0 Å². The molecule has 0 radical (unpaired) electrons. The number of hydrogen-bond acceptors (Lipinski definition) is 3. The van der Waals surface area contributed by atoms with Crippen molar-refractivity contribution in [2.24, 2.45) is 0 Å². The minimum absolute atomic E-state index is 0.237. The number of fused-ring (bicyclic) bond motifs is 1. The molecule has 1 fully saturated rings. The second-order valence-corrected chi connectivity index (χ2v) is 4.18. The van der Waals surface area contributed by atoms with Gasteiger partial charge in [-0.1, -0.05) is 18.2 Å². The molecule has 0 spiro atoms. The summed E-state index contributed by atoms with van der Waals surface area (Å²) < 4.78 is 0. The van der Waals surface area contributed by atoms with Crippen LogP contribution in [0.3, 0.4) is 0 Å². The predicted octanol–water partition coefficient (Wildman–Crippen LogP) is 0.402. The molecule has 1 aliphatic heterocycles. The number of benzene rings is 1. The van der Waals surface area contributed by atoms with Crippen LogP contribution < -0.4 is 5.32 Å². The average Bonchev–Trinajstić information content (AvgIpc) is 2.81. The Labute approximate surface area is 96.4 Å². The average molecular weight is 230 g/mol.